The molecule has 0 saturated heterocycles. The molecule has 0 amide bonds. The van der Waals surface area contributed by atoms with Crippen molar-refractivity contribution in [2.75, 3.05) is 12.8 Å². The minimum atomic E-state index is -0.0520. The van der Waals surface area contributed by atoms with E-state index in [2.05, 4.69) is 27.5 Å². The zero-order valence-electron chi connectivity index (χ0n) is 9.91. The van der Waals surface area contributed by atoms with Gasteiger partial charge in [-0.3, -0.25) is 10.1 Å². The van der Waals surface area contributed by atoms with Crippen LogP contribution in [0.4, 0.5) is 0 Å². The topological polar surface area (TPSA) is 69.8 Å². The number of nitrogens with one attached hydrogen (secondary N) is 3. The lowest BCUT2D eigenvalue weighted by Crippen LogP contribution is -2.42. The second-order valence-electron chi connectivity index (χ2n) is 4.00. The van der Waals surface area contributed by atoms with Crippen LogP contribution in [0.25, 0.3) is 0 Å². The highest BCUT2D eigenvalue weighted by Crippen LogP contribution is 2.08. The molecule has 0 fully saturated rings. The van der Waals surface area contributed by atoms with Gasteiger partial charge in [0.15, 0.2) is 5.16 Å². The summed E-state index contributed by atoms with van der Waals surface area (Å²) in [5, 5.41) is 7.12. The molecule has 0 aliphatic carbocycles. The maximum Gasteiger partial charge on any atom is 0.255 e. The van der Waals surface area contributed by atoms with Crippen LogP contribution in [0.5, 0.6) is 0 Å². The van der Waals surface area contributed by atoms with Crippen LogP contribution in [0.2, 0.25) is 0 Å². The molecule has 1 unspecified atom stereocenters. The Morgan fingerprint density at radius 1 is 1.59 bits per heavy atom. The number of hydrogen-bond donors (Lipinski definition) is 3. The Morgan fingerprint density at radius 3 is 3.00 bits per heavy atom. The second-order valence-corrected chi connectivity index (χ2v) is 4.79. The Labute approximate surface area is 104 Å². The zero-order valence-corrected chi connectivity index (χ0v) is 10.7. The van der Waals surface area contributed by atoms with Crippen molar-refractivity contribution in [1.82, 2.24) is 20.6 Å². The highest BCUT2D eigenvalue weighted by Gasteiger charge is 2.10. The highest BCUT2D eigenvalue weighted by atomic mass is 32.2. The van der Waals surface area contributed by atoms with E-state index in [0.29, 0.717) is 17.1 Å². The fourth-order valence-corrected chi connectivity index (χ4v) is 1.98. The van der Waals surface area contributed by atoms with Gasteiger partial charge in [-0.1, -0.05) is 11.8 Å². The second kappa shape index (κ2) is 5.37. The molecule has 0 aromatic carbocycles. The zero-order chi connectivity index (χ0) is 12.3. The average molecular weight is 252 g/mol. The van der Waals surface area contributed by atoms with Crippen molar-refractivity contribution in [3.8, 4) is 0 Å². The lowest BCUT2D eigenvalue weighted by atomic mass is 10.1. The number of aromatic nitrogens is 2. The third kappa shape index (κ3) is 3.10. The summed E-state index contributed by atoms with van der Waals surface area (Å²) in [7, 11) is 0. The molecule has 92 valence electrons. The van der Waals surface area contributed by atoms with Crippen molar-refractivity contribution in [2.45, 2.75) is 24.7 Å². The van der Waals surface area contributed by atoms with Crippen LogP contribution in [-0.2, 0) is 6.42 Å². The van der Waals surface area contributed by atoms with Crippen LogP contribution in [0.3, 0.4) is 0 Å². The van der Waals surface area contributed by atoms with E-state index in [0.717, 1.165) is 12.1 Å². The Bertz CT molecular complexity index is 483. The smallest absolute Gasteiger partial charge is 0.255 e. The quantitative estimate of drug-likeness (QED) is 0.538. The summed E-state index contributed by atoms with van der Waals surface area (Å²) >= 11 is 1.43. The van der Waals surface area contributed by atoms with Gasteiger partial charge in [0.1, 0.15) is 0 Å². The van der Waals surface area contributed by atoms with Crippen molar-refractivity contribution in [1.29, 1.82) is 0 Å². The van der Waals surface area contributed by atoms with Gasteiger partial charge in [0.05, 0.1) is 6.17 Å². The molecule has 0 spiro atoms. The molecule has 2 rings (SSSR count). The van der Waals surface area contributed by atoms with E-state index < -0.39 is 0 Å². The summed E-state index contributed by atoms with van der Waals surface area (Å²) in [6.45, 7) is 2.85. The monoisotopic (exact) mass is 252 g/mol. The van der Waals surface area contributed by atoms with E-state index in [1.165, 1.54) is 11.8 Å². The minimum Gasteiger partial charge on any atom is -0.376 e. The molecule has 1 aliphatic rings. The van der Waals surface area contributed by atoms with Crippen molar-refractivity contribution >= 4 is 11.8 Å². The first kappa shape index (κ1) is 12.2. The van der Waals surface area contributed by atoms with Crippen LogP contribution in [0, 0.1) is 0 Å². The van der Waals surface area contributed by atoms with Gasteiger partial charge in [-0.2, -0.15) is 0 Å². The lowest BCUT2D eigenvalue weighted by Gasteiger charge is -2.22. The van der Waals surface area contributed by atoms with E-state index in [9.17, 15) is 4.79 Å². The summed E-state index contributed by atoms with van der Waals surface area (Å²) in [6.07, 6.45) is 6.43. The number of hydrogen-bond acceptors (Lipinski definition) is 5. The van der Waals surface area contributed by atoms with Crippen LogP contribution >= 0.6 is 11.8 Å². The molecule has 1 atom stereocenters. The summed E-state index contributed by atoms with van der Waals surface area (Å²) in [5.74, 6) is 0. The van der Waals surface area contributed by atoms with E-state index in [-0.39, 0.29) is 11.7 Å². The maximum atomic E-state index is 11.8. The Kier molecular flexibility index (Phi) is 3.86. The predicted octanol–water partition coefficient (Wildman–Crippen LogP) is 0.457. The van der Waals surface area contributed by atoms with Gasteiger partial charge in [-0.25, -0.2) is 4.98 Å². The van der Waals surface area contributed by atoms with E-state index >= 15 is 0 Å². The molecular weight excluding hydrogens is 236 g/mol. The van der Waals surface area contributed by atoms with Gasteiger partial charge in [-0.05, 0) is 25.0 Å². The fraction of sp³-hybridized carbons (Fsp3) is 0.455. The molecule has 1 aromatic heterocycles. The van der Waals surface area contributed by atoms with Gasteiger partial charge >= 0.3 is 0 Å². The van der Waals surface area contributed by atoms with Gasteiger partial charge in [0.2, 0.25) is 0 Å². The number of aromatic amines is 1. The molecule has 3 N–H and O–H groups in total. The Morgan fingerprint density at radius 2 is 2.41 bits per heavy atom. The molecule has 0 saturated carbocycles. The van der Waals surface area contributed by atoms with Gasteiger partial charge in [0, 0.05) is 24.7 Å². The number of rotatable bonds is 3. The maximum absolute atomic E-state index is 11.8. The standard InChI is InChI=1S/C11H16N4OS/c1-7-12-4-8(5-13-7)3-9-6-14-11(17-2)15-10(9)16/h4,6-7,12-13H,3,5H2,1-2H3,(H,14,15,16). The van der Waals surface area contributed by atoms with Crippen LogP contribution in [0.15, 0.2) is 27.9 Å². The van der Waals surface area contributed by atoms with Crippen molar-refractivity contribution < 1.29 is 0 Å². The molecule has 0 radical (unpaired) electrons. The average Bonchev–Trinajstić information content (AvgIpc) is 2.34. The largest absolute Gasteiger partial charge is 0.376 e. The Balaban J connectivity index is 2.11. The summed E-state index contributed by atoms with van der Waals surface area (Å²) in [5.41, 5.74) is 1.81. The summed E-state index contributed by atoms with van der Waals surface area (Å²) in [6, 6.07) is 0. The third-order valence-corrected chi connectivity index (χ3v) is 3.23. The van der Waals surface area contributed by atoms with E-state index in [4.69, 9.17) is 0 Å². The molecule has 2 heterocycles. The normalized spacial score (nSPS) is 19.6. The lowest BCUT2D eigenvalue weighted by molar-refractivity contribution is 0.498. The van der Waals surface area contributed by atoms with Gasteiger partial charge in [0.25, 0.3) is 5.56 Å². The predicted molar refractivity (Wildman–Crippen MR) is 69.0 cm³/mol. The first-order valence-corrected chi connectivity index (χ1v) is 6.71. The molecule has 1 aliphatic heterocycles. The molecule has 1 aromatic rings. The summed E-state index contributed by atoms with van der Waals surface area (Å²) < 4.78 is 0. The number of H-pyrrole nitrogens is 1. The summed E-state index contributed by atoms with van der Waals surface area (Å²) in [4.78, 5) is 18.7. The van der Waals surface area contributed by atoms with Crippen molar-refractivity contribution in [3.05, 3.63) is 33.9 Å². The van der Waals surface area contributed by atoms with Gasteiger partial charge < -0.3 is 10.3 Å². The molecule has 0 bridgehead atoms. The SMILES string of the molecule is CSc1ncc(CC2=CNC(C)NC2)c(=O)[nH]1. The Hall–Kier alpha value is -1.27. The van der Waals surface area contributed by atoms with E-state index in [1.807, 2.05) is 12.5 Å². The fourth-order valence-electron chi connectivity index (χ4n) is 1.63. The van der Waals surface area contributed by atoms with Gasteiger partial charge in [-0.15, -0.1) is 0 Å². The minimum absolute atomic E-state index is 0.0520. The molecule has 6 heteroatoms. The first-order chi connectivity index (χ1) is 8.19. The molecule has 5 nitrogen and oxygen atoms in total. The third-order valence-electron chi connectivity index (χ3n) is 2.63. The highest BCUT2D eigenvalue weighted by molar-refractivity contribution is 7.98. The van der Waals surface area contributed by atoms with Crippen LogP contribution < -0.4 is 16.2 Å². The number of nitrogens with zero attached hydrogens (tertiary/aromatic N) is 1. The first-order valence-electron chi connectivity index (χ1n) is 5.48. The number of thioether (sulfide) groups is 1. The van der Waals surface area contributed by atoms with Crippen LogP contribution in [-0.4, -0.2) is 28.9 Å². The van der Waals surface area contributed by atoms with Crippen LogP contribution in [0.1, 0.15) is 12.5 Å². The van der Waals surface area contributed by atoms with Crippen molar-refractivity contribution in [2.24, 2.45) is 0 Å². The van der Waals surface area contributed by atoms with Crippen molar-refractivity contribution in [3.63, 3.8) is 0 Å². The van der Waals surface area contributed by atoms with E-state index in [1.54, 1.807) is 6.20 Å². The molecule has 17 heavy (non-hydrogen) atoms. The molecular formula is C11H16N4OS.